The highest BCUT2D eigenvalue weighted by Gasteiger charge is 2.24. The third-order valence-electron chi connectivity index (χ3n) is 5.67. The molecule has 0 saturated carbocycles. The normalized spacial score (nSPS) is 17.3. The van der Waals surface area contributed by atoms with E-state index in [0.29, 0.717) is 12.1 Å². The Kier molecular flexibility index (Phi) is 5.86. The number of piperidine rings is 1. The van der Waals surface area contributed by atoms with Gasteiger partial charge in [0.05, 0.1) is 0 Å². The lowest BCUT2D eigenvalue weighted by atomic mass is 10.1. The van der Waals surface area contributed by atoms with Gasteiger partial charge < -0.3 is 15.0 Å². The maximum Gasteiger partial charge on any atom is 0.251 e. The zero-order chi connectivity index (χ0) is 19.3. The Morgan fingerprint density at radius 1 is 1.14 bits per heavy atom. The Bertz CT molecular complexity index is 820. The molecule has 1 aromatic heterocycles. The Hall–Kier alpha value is -2.47. The molecule has 1 fully saturated rings. The number of fused-ring (bicyclic) bond motifs is 1. The third-order valence-corrected chi connectivity index (χ3v) is 5.67. The molecule has 6 heteroatoms. The van der Waals surface area contributed by atoms with E-state index >= 15 is 0 Å². The number of likely N-dealkylation sites (tertiary alicyclic amines) is 1. The first kappa shape index (κ1) is 18.9. The first-order valence-corrected chi connectivity index (χ1v) is 10.1. The van der Waals surface area contributed by atoms with Crippen molar-refractivity contribution in [1.82, 2.24) is 15.2 Å². The molecule has 1 saturated heterocycles. The van der Waals surface area contributed by atoms with Gasteiger partial charge in [-0.1, -0.05) is 0 Å². The van der Waals surface area contributed by atoms with Crippen molar-refractivity contribution in [3.05, 3.63) is 59.2 Å². The van der Waals surface area contributed by atoms with Crippen LogP contribution in [0, 0.1) is 5.82 Å². The standard InChI is InChI=1S/C22H26FN3O2/c23-20-4-5-21(19-3-1-2-18(19)20)28-17-8-13-26(14-9-17)15-12-25-22(27)16-6-10-24-11-7-16/h4-7,10-11,17H,1-3,8-9,12-15H2,(H,25,27). The molecule has 0 atom stereocenters. The number of halogens is 1. The number of benzene rings is 1. The zero-order valence-electron chi connectivity index (χ0n) is 16.0. The van der Waals surface area contributed by atoms with Gasteiger partial charge in [0.15, 0.2) is 0 Å². The molecule has 1 aromatic carbocycles. The quantitative estimate of drug-likeness (QED) is 0.833. The van der Waals surface area contributed by atoms with Crippen LogP contribution < -0.4 is 10.1 Å². The summed E-state index contributed by atoms with van der Waals surface area (Å²) in [6.45, 7) is 3.34. The number of aromatic nitrogens is 1. The van der Waals surface area contributed by atoms with Gasteiger partial charge in [-0.15, -0.1) is 0 Å². The number of pyridine rings is 1. The van der Waals surface area contributed by atoms with Crippen LogP contribution in [0.4, 0.5) is 4.39 Å². The van der Waals surface area contributed by atoms with Crippen LogP contribution in [0.5, 0.6) is 5.75 Å². The number of hydrogen-bond donors (Lipinski definition) is 1. The summed E-state index contributed by atoms with van der Waals surface area (Å²) < 4.78 is 20.1. The Morgan fingerprint density at radius 3 is 2.68 bits per heavy atom. The van der Waals surface area contributed by atoms with E-state index in [9.17, 15) is 9.18 Å². The number of nitrogens with one attached hydrogen (secondary N) is 1. The van der Waals surface area contributed by atoms with Crippen LogP contribution >= 0.6 is 0 Å². The number of carbonyl (C=O) groups is 1. The third kappa shape index (κ3) is 4.33. The van der Waals surface area contributed by atoms with Gasteiger partial charge in [-0.3, -0.25) is 9.78 Å². The molecule has 0 unspecified atom stereocenters. The monoisotopic (exact) mass is 383 g/mol. The summed E-state index contributed by atoms with van der Waals surface area (Å²) in [5.74, 6) is 0.714. The largest absolute Gasteiger partial charge is 0.490 e. The minimum Gasteiger partial charge on any atom is -0.490 e. The Balaban J connectivity index is 1.21. The van der Waals surface area contributed by atoms with Crippen molar-refractivity contribution in [2.75, 3.05) is 26.2 Å². The topological polar surface area (TPSA) is 54.5 Å². The number of nitrogens with zero attached hydrogens (tertiary/aromatic N) is 2. The summed E-state index contributed by atoms with van der Waals surface area (Å²) in [6.07, 6.45) is 8.07. The maximum absolute atomic E-state index is 13.9. The highest BCUT2D eigenvalue weighted by Crippen LogP contribution is 2.34. The van der Waals surface area contributed by atoms with Crippen molar-refractivity contribution in [3.63, 3.8) is 0 Å². The van der Waals surface area contributed by atoms with Gasteiger partial charge in [0.2, 0.25) is 0 Å². The van der Waals surface area contributed by atoms with Crippen LogP contribution in [0.3, 0.4) is 0 Å². The smallest absolute Gasteiger partial charge is 0.251 e. The lowest BCUT2D eigenvalue weighted by molar-refractivity contribution is 0.0903. The summed E-state index contributed by atoms with van der Waals surface area (Å²) in [7, 11) is 0. The van der Waals surface area contributed by atoms with Crippen LogP contribution in [0.25, 0.3) is 0 Å². The summed E-state index contributed by atoms with van der Waals surface area (Å²) in [5, 5.41) is 2.96. The van der Waals surface area contributed by atoms with Gasteiger partial charge in [0.25, 0.3) is 5.91 Å². The van der Waals surface area contributed by atoms with E-state index in [2.05, 4.69) is 15.2 Å². The van der Waals surface area contributed by atoms with Crippen LogP contribution in [0.15, 0.2) is 36.7 Å². The van der Waals surface area contributed by atoms with Crippen molar-refractivity contribution in [2.24, 2.45) is 0 Å². The summed E-state index contributed by atoms with van der Waals surface area (Å²) >= 11 is 0. The van der Waals surface area contributed by atoms with Crippen LogP contribution in [0.1, 0.15) is 40.7 Å². The number of carbonyl (C=O) groups excluding carboxylic acids is 1. The summed E-state index contributed by atoms with van der Waals surface area (Å²) in [4.78, 5) is 18.3. The van der Waals surface area contributed by atoms with Gasteiger partial charge in [0.1, 0.15) is 17.7 Å². The zero-order valence-corrected chi connectivity index (χ0v) is 16.0. The van der Waals surface area contributed by atoms with Crippen molar-refractivity contribution >= 4 is 5.91 Å². The predicted molar refractivity (Wildman–Crippen MR) is 105 cm³/mol. The van der Waals surface area contributed by atoms with E-state index in [0.717, 1.165) is 68.6 Å². The molecule has 1 amide bonds. The van der Waals surface area contributed by atoms with Crippen LogP contribution in [-0.2, 0) is 12.8 Å². The SMILES string of the molecule is O=C(NCCN1CCC(Oc2ccc(F)c3c2CCC3)CC1)c1ccncc1. The average Bonchev–Trinajstić information content (AvgIpc) is 3.23. The molecule has 1 aliphatic heterocycles. The van der Waals surface area contributed by atoms with E-state index in [1.807, 2.05) is 0 Å². The molecule has 28 heavy (non-hydrogen) atoms. The molecule has 5 nitrogen and oxygen atoms in total. The lowest BCUT2D eigenvalue weighted by Gasteiger charge is -2.32. The fourth-order valence-corrected chi connectivity index (χ4v) is 4.10. The maximum atomic E-state index is 13.9. The van der Waals surface area contributed by atoms with Gasteiger partial charge in [0, 0.05) is 49.7 Å². The fraction of sp³-hybridized carbons (Fsp3) is 0.455. The number of ether oxygens (including phenoxy) is 1. The molecule has 0 radical (unpaired) electrons. The first-order valence-electron chi connectivity index (χ1n) is 10.1. The highest BCUT2D eigenvalue weighted by atomic mass is 19.1. The molecule has 0 spiro atoms. The number of amides is 1. The molecule has 1 N–H and O–H groups in total. The van der Waals surface area contributed by atoms with E-state index in [1.165, 1.54) is 0 Å². The second kappa shape index (κ2) is 8.69. The van der Waals surface area contributed by atoms with E-state index in [-0.39, 0.29) is 17.8 Å². The molecule has 148 valence electrons. The molecule has 2 aromatic rings. The minimum atomic E-state index is -0.0940. The number of rotatable bonds is 6. The van der Waals surface area contributed by atoms with E-state index in [4.69, 9.17) is 4.74 Å². The molecular weight excluding hydrogens is 357 g/mol. The van der Waals surface area contributed by atoms with Gasteiger partial charge in [-0.25, -0.2) is 4.39 Å². The highest BCUT2D eigenvalue weighted by molar-refractivity contribution is 5.93. The number of hydrogen-bond acceptors (Lipinski definition) is 4. The van der Waals surface area contributed by atoms with Gasteiger partial charge in [-0.2, -0.15) is 0 Å². The minimum absolute atomic E-state index is 0.0641. The lowest BCUT2D eigenvalue weighted by Crippen LogP contribution is -2.42. The molecule has 2 aliphatic rings. The van der Waals surface area contributed by atoms with Crippen LogP contribution in [0.2, 0.25) is 0 Å². The van der Waals surface area contributed by atoms with Crippen molar-refractivity contribution in [1.29, 1.82) is 0 Å². The summed E-state index contributed by atoms with van der Waals surface area (Å²) in [5.41, 5.74) is 2.55. The Morgan fingerprint density at radius 2 is 1.89 bits per heavy atom. The van der Waals surface area contributed by atoms with Crippen molar-refractivity contribution in [2.45, 2.75) is 38.2 Å². The molecular formula is C22H26FN3O2. The first-order chi connectivity index (χ1) is 13.7. The second-order valence-corrected chi connectivity index (χ2v) is 7.51. The van der Waals surface area contributed by atoms with Crippen molar-refractivity contribution < 1.29 is 13.9 Å². The van der Waals surface area contributed by atoms with E-state index < -0.39 is 0 Å². The average molecular weight is 383 g/mol. The van der Waals surface area contributed by atoms with Crippen LogP contribution in [-0.4, -0.2) is 48.1 Å². The molecule has 1 aliphatic carbocycles. The van der Waals surface area contributed by atoms with E-state index in [1.54, 1.807) is 36.7 Å². The fourth-order valence-electron chi connectivity index (χ4n) is 4.10. The van der Waals surface area contributed by atoms with Gasteiger partial charge in [-0.05, 0) is 61.9 Å². The predicted octanol–water partition coefficient (Wildman–Crippen LogP) is 2.98. The van der Waals surface area contributed by atoms with Gasteiger partial charge >= 0.3 is 0 Å². The Labute approximate surface area is 164 Å². The second-order valence-electron chi connectivity index (χ2n) is 7.51. The molecule has 0 bridgehead atoms. The summed E-state index contributed by atoms with van der Waals surface area (Å²) in [6, 6.07) is 6.76. The van der Waals surface area contributed by atoms with Crippen molar-refractivity contribution in [3.8, 4) is 5.75 Å². The molecule has 4 rings (SSSR count). The molecule has 2 heterocycles.